The number of anilines is 2. The molecule has 0 spiro atoms. The number of rotatable bonds is 5. The lowest BCUT2D eigenvalue weighted by Gasteiger charge is -2.36. The summed E-state index contributed by atoms with van der Waals surface area (Å²) in [6.45, 7) is 5.11. The van der Waals surface area contributed by atoms with E-state index in [-0.39, 0.29) is 11.0 Å². The van der Waals surface area contributed by atoms with Crippen LogP contribution >= 0.6 is 0 Å². The second-order valence-electron chi connectivity index (χ2n) is 8.33. The number of allylic oxidation sites excluding steroid dienone is 1. The van der Waals surface area contributed by atoms with Crippen molar-refractivity contribution in [3.05, 3.63) is 41.4 Å². The molecule has 3 heterocycles. The maximum atomic E-state index is 13.1. The number of amides is 1. The smallest absolute Gasteiger partial charge is 0.261 e. The van der Waals surface area contributed by atoms with Gasteiger partial charge in [-0.05, 0) is 24.1 Å². The minimum absolute atomic E-state index is 0.127. The molecule has 3 aliphatic heterocycles. The summed E-state index contributed by atoms with van der Waals surface area (Å²) in [6.07, 6.45) is 6.99. The van der Waals surface area contributed by atoms with Crippen LogP contribution in [-0.4, -0.2) is 51.2 Å². The molecule has 0 radical (unpaired) electrons. The molecule has 0 aromatic heterocycles. The summed E-state index contributed by atoms with van der Waals surface area (Å²) in [6, 6.07) is 6.13. The summed E-state index contributed by atoms with van der Waals surface area (Å²) in [7, 11) is 0. The van der Waals surface area contributed by atoms with Gasteiger partial charge in [0.25, 0.3) is 5.91 Å². The predicted molar refractivity (Wildman–Crippen MR) is 122 cm³/mol. The van der Waals surface area contributed by atoms with E-state index in [2.05, 4.69) is 26.6 Å². The molecule has 32 heavy (non-hydrogen) atoms. The Kier molecular flexibility index (Phi) is 6.23. The summed E-state index contributed by atoms with van der Waals surface area (Å²) in [5, 5.41) is 22.8. The molecule has 1 saturated heterocycles. The van der Waals surface area contributed by atoms with Gasteiger partial charge < -0.3 is 30.4 Å². The summed E-state index contributed by atoms with van der Waals surface area (Å²) in [5.74, 6) is 0.658. The van der Waals surface area contributed by atoms with Crippen molar-refractivity contribution in [3.63, 3.8) is 0 Å². The highest BCUT2D eigenvalue weighted by Gasteiger charge is 2.33. The highest BCUT2D eigenvalue weighted by atomic mass is 16.5. The van der Waals surface area contributed by atoms with Gasteiger partial charge in [0, 0.05) is 49.6 Å². The van der Waals surface area contributed by atoms with Crippen LogP contribution in [-0.2, 0) is 16.0 Å². The number of ether oxygens (including phenoxy) is 2. The molecule has 3 N–H and O–H groups in total. The molecule has 9 nitrogen and oxygen atoms in total. The number of hydrogen-bond acceptors (Lipinski definition) is 8. The largest absolute Gasteiger partial charge is 0.493 e. The third-order valence-electron chi connectivity index (χ3n) is 5.73. The molecule has 0 saturated carbocycles. The molecule has 1 amide bonds. The lowest BCUT2D eigenvalue weighted by Crippen LogP contribution is -2.37. The van der Waals surface area contributed by atoms with E-state index < -0.39 is 5.91 Å². The van der Waals surface area contributed by atoms with Crippen LogP contribution < -0.4 is 20.3 Å². The van der Waals surface area contributed by atoms with E-state index in [0.717, 1.165) is 23.2 Å². The Bertz CT molecular complexity index is 1050. The van der Waals surface area contributed by atoms with E-state index in [4.69, 9.17) is 14.9 Å². The maximum absolute atomic E-state index is 13.1. The second kappa shape index (κ2) is 9.24. The molecule has 1 atom stereocenters. The number of nitriles is 1. The zero-order valence-electron chi connectivity index (χ0n) is 18.0. The van der Waals surface area contributed by atoms with Crippen molar-refractivity contribution in [2.45, 2.75) is 19.8 Å². The number of aliphatic imine (C=N–C) groups is 1. The van der Waals surface area contributed by atoms with E-state index in [0.29, 0.717) is 57.3 Å². The fraction of sp³-hybridized carbons (Fsp3) is 0.391. The number of fused-ring (bicyclic) bond motifs is 1. The van der Waals surface area contributed by atoms with Gasteiger partial charge in [0.1, 0.15) is 11.6 Å². The Morgan fingerprint density at radius 3 is 2.94 bits per heavy atom. The number of nitrogens with zero attached hydrogens (tertiary/aromatic N) is 3. The molecule has 0 aliphatic carbocycles. The zero-order valence-corrected chi connectivity index (χ0v) is 18.0. The van der Waals surface area contributed by atoms with E-state index in [1.165, 1.54) is 0 Å². The standard InChI is InChI=1S/C23H26N6O3/c1-23(3-4-24)13-16-11-18(28-22(30)17(14-25)21-26-5-2-6-27-21)19(12-20(16)32-15-23)29-7-9-31-10-8-29/h2,5-6,11-12,14,25-26H,3,7-10,13,15H2,1H3,(H,28,30)/b21-17-,25-14?. The van der Waals surface area contributed by atoms with Crippen LogP contribution in [0.5, 0.6) is 5.75 Å². The van der Waals surface area contributed by atoms with Gasteiger partial charge in [-0.25, -0.2) is 4.99 Å². The van der Waals surface area contributed by atoms with Crippen molar-refractivity contribution in [3.8, 4) is 11.8 Å². The Morgan fingerprint density at radius 2 is 2.25 bits per heavy atom. The maximum Gasteiger partial charge on any atom is 0.261 e. The summed E-state index contributed by atoms with van der Waals surface area (Å²) in [5.41, 5.74) is 2.27. The van der Waals surface area contributed by atoms with Gasteiger partial charge in [-0.15, -0.1) is 0 Å². The number of carbonyl (C=O) groups is 1. The lowest BCUT2D eigenvalue weighted by molar-refractivity contribution is -0.112. The number of hydrogen-bond donors (Lipinski definition) is 3. The van der Waals surface area contributed by atoms with Crippen molar-refractivity contribution >= 4 is 29.7 Å². The average molecular weight is 435 g/mol. The van der Waals surface area contributed by atoms with Crippen LogP contribution in [0.15, 0.2) is 40.8 Å². The molecule has 4 rings (SSSR count). The number of benzene rings is 1. The van der Waals surface area contributed by atoms with Gasteiger partial charge in [-0.3, -0.25) is 4.79 Å². The first kappa shape index (κ1) is 21.6. The van der Waals surface area contributed by atoms with Crippen LogP contribution in [0, 0.1) is 22.2 Å². The van der Waals surface area contributed by atoms with Gasteiger partial charge in [0.2, 0.25) is 0 Å². The van der Waals surface area contributed by atoms with Crippen LogP contribution in [0.2, 0.25) is 0 Å². The Labute approximate surface area is 186 Å². The Balaban J connectivity index is 1.69. The first-order chi connectivity index (χ1) is 15.5. The van der Waals surface area contributed by atoms with Crippen LogP contribution in [0.4, 0.5) is 11.4 Å². The first-order valence-corrected chi connectivity index (χ1v) is 10.5. The molecule has 1 fully saturated rings. The first-order valence-electron chi connectivity index (χ1n) is 10.5. The molecule has 0 bridgehead atoms. The molecular formula is C23H26N6O3. The van der Waals surface area contributed by atoms with E-state index in [9.17, 15) is 10.1 Å². The van der Waals surface area contributed by atoms with Gasteiger partial charge in [-0.1, -0.05) is 6.92 Å². The van der Waals surface area contributed by atoms with Crippen LogP contribution in [0.25, 0.3) is 0 Å². The lowest BCUT2D eigenvalue weighted by atomic mass is 9.80. The average Bonchev–Trinajstić information content (AvgIpc) is 2.80. The SMILES string of the molecule is CC1(CC#N)COc2cc(N3CCOCC3)c(NC(=O)/C(C=N)=C3\N=CC=CN3)cc2C1. The zero-order chi connectivity index (χ0) is 22.6. The van der Waals surface area contributed by atoms with Crippen LogP contribution in [0.3, 0.4) is 0 Å². The van der Waals surface area contributed by atoms with Crippen molar-refractivity contribution < 1.29 is 14.3 Å². The summed E-state index contributed by atoms with van der Waals surface area (Å²) >= 11 is 0. The van der Waals surface area contributed by atoms with Gasteiger partial charge in [0.15, 0.2) is 0 Å². The number of carbonyl (C=O) groups excluding carboxylic acids is 1. The Morgan fingerprint density at radius 1 is 1.44 bits per heavy atom. The Hall–Kier alpha value is -3.64. The fourth-order valence-electron chi connectivity index (χ4n) is 4.02. The second-order valence-corrected chi connectivity index (χ2v) is 8.33. The minimum Gasteiger partial charge on any atom is -0.493 e. The van der Waals surface area contributed by atoms with Crippen LogP contribution in [0.1, 0.15) is 18.9 Å². The van der Waals surface area contributed by atoms with E-state index in [1.807, 2.05) is 19.1 Å². The third-order valence-corrected chi connectivity index (χ3v) is 5.73. The topological polar surface area (TPSA) is 123 Å². The van der Waals surface area contributed by atoms with Crippen molar-refractivity contribution in [2.75, 3.05) is 43.1 Å². The molecular weight excluding hydrogens is 408 g/mol. The summed E-state index contributed by atoms with van der Waals surface area (Å²) < 4.78 is 11.5. The van der Waals surface area contributed by atoms with Crippen molar-refractivity contribution in [1.82, 2.24) is 5.32 Å². The minimum atomic E-state index is -0.430. The molecule has 166 valence electrons. The molecule has 9 heteroatoms. The fourth-order valence-corrected chi connectivity index (χ4v) is 4.02. The van der Waals surface area contributed by atoms with Crippen molar-refractivity contribution in [1.29, 1.82) is 10.7 Å². The predicted octanol–water partition coefficient (Wildman–Crippen LogP) is 2.37. The third kappa shape index (κ3) is 4.50. The molecule has 1 unspecified atom stereocenters. The van der Waals surface area contributed by atoms with E-state index >= 15 is 0 Å². The molecule has 3 aliphatic rings. The highest BCUT2D eigenvalue weighted by Crippen LogP contribution is 2.42. The van der Waals surface area contributed by atoms with Gasteiger partial charge in [0.05, 0.1) is 42.8 Å². The van der Waals surface area contributed by atoms with Gasteiger partial charge in [-0.2, -0.15) is 5.26 Å². The number of nitrogens with one attached hydrogen (secondary N) is 3. The molecule has 1 aromatic rings. The summed E-state index contributed by atoms with van der Waals surface area (Å²) in [4.78, 5) is 19.4. The molecule has 1 aromatic carbocycles. The monoisotopic (exact) mass is 434 g/mol. The quantitative estimate of drug-likeness (QED) is 0.483. The van der Waals surface area contributed by atoms with E-state index in [1.54, 1.807) is 18.5 Å². The van der Waals surface area contributed by atoms with Gasteiger partial charge >= 0.3 is 0 Å². The normalized spacial score (nSPS) is 23.3. The van der Waals surface area contributed by atoms with Crippen molar-refractivity contribution in [2.24, 2.45) is 10.4 Å². The number of morpholine rings is 1. The highest BCUT2D eigenvalue weighted by molar-refractivity contribution is 6.18.